The number of anilines is 1. The Morgan fingerprint density at radius 1 is 1.22 bits per heavy atom. The summed E-state index contributed by atoms with van der Waals surface area (Å²) >= 11 is 0. The van der Waals surface area contributed by atoms with Crippen molar-refractivity contribution in [1.29, 1.82) is 0 Å². The van der Waals surface area contributed by atoms with Crippen LogP contribution in [0.25, 0.3) is 0 Å². The van der Waals surface area contributed by atoms with E-state index in [4.69, 9.17) is 0 Å². The van der Waals surface area contributed by atoms with E-state index in [2.05, 4.69) is 0 Å². The number of nitro benzene ring substituents is 1. The van der Waals surface area contributed by atoms with Gasteiger partial charge in [0.15, 0.2) is 0 Å². The van der Waals surface area contributed by atoms with Crippen molar-refractivity contribution in [3.63, 3.8) is 0 Å². The number of rotatable bonds is 2. The third kappa shape index (κ3) is 2.48. The number of fused-ring (bicyclic) bond motifs is 1. The lowest BCUT2D eigenvalue weighted by Gasteiger charge is -2.23. The van der Waals surface area contributed by atoms with E-state index in [-0.39, 0.29) is 23.2 Å². The Morgan fingerprint density at radius 3 is 2.57 bits per heavy atom. The Morgan fingerprint density at radius 2 is 1.87 bits per heavy atom. The second-order valence-corrected chi connectivity index (χ2v) is 6.07. The Balaban J connectivity index is 2.11. The van der Waals surface area contributed by atoms with Crippen molar-refractivity contribution >= 4 is 17.3 Å². The molecule has 0 N–H and O–H groups in total. The summed E-state index contributed by atoms with van der Waals surface area (Å²) in [5, 5.41) is 11.4. The Kier molecular flexibility index (Phi) is 3.64. The summed E-state index contributed by atoms with van der Waals surface area (Å²) in [6.45, 7) is 5.63. The van der Waals surface area contributed by atoms with E-state index < -0.39 is 4.92 Å². The summed E-state index contributed by atoms with van der Waals surface area (Å²) in [6, 6.07) is 10.8. The molecule has 0 fully saturated rings. The Hall–Kier alpha value is -2.69. The molecule has 0 aromatic heterocycles. The Labute approximate surface area is 134 Å². The lowest BCUT2D eigenvalue weighted by Crippen LogP contribution is -2.36. The van der Waals surface area contributed by atoms with Crippen molar-refractivity contribution in [2.45, 2.75) is 33.2 Å². The molecule has 1 unspecified atom stereocenters. The largest absolute Gasteiger partial charge is 0.305 e. The maximum absolute atomic E-state index is 13.0. The molecule has 0 bridgehead atoms. The number of aryl methyl sites for hydroxylation is 2. The fourth-order valence-electron chi connectivity index (χ4n) is 3.13. The lowest BCUT2D eigenvalue weighted by molar-refractivity contribution is -0.385. The monoisotopic (exact) mass is 310 g/mol. The summed E-state index contributed by atoms with van der Waals surface area (Å²) < 4.78 is 0. The number of amides is 1. The highest BCUT2D eigenvalue weighted by Gasteiger charge is 2.34. The van der Waals surface area contributed by atoms with E-state index >= 15 is 0 Å². The minimum Gasteiger partial charge on any atom is -0.305 e. The van der Waals surface area contributed by atoms with Crippen LogP contribution in [0.2, 0.25) is 0 Å². The van der Waals surface area contributed by atoms with Crippen LogP contribution in [0.1, 0.15) is 34.0 Å². The van der Waals surface area contributed by atoms with Crippen molar-refractivity contribution in [1.82, 2.24) is 0 Å². The highest BCUT2D eigenvalue weighted by molar-refractivity contribution is 6.10. The van der Waals surface area contributed by atoms with Crippen molar-refractivity contribution in [2.24, 2.45) is 0 Å². The van der Waals surface area contributed by atoms with E-state index in [1.165, 1.54) is 6.07 Å². The van der Waals surface area contributed by atoms with Gasteiger partial charge in [-0.1, -0.05) is 18.2 Å². The molecule has 1 amide bonds. The topological polar surface area (TPSA) is 63.5 Å². The van der Waals surface area contributed by atoms with E-state index in [0.717, 1.165) is 28.8 Å². The molecule has 1 aliphatic rings. The highest BCUT2D eigenvalue weighted by atomic mass is 16.6. The molecule has 118 valence electrons. The number of carbonyl (C=O) groups is 1. The second kappa shape index (κ2) is 5.50. The van der Waals surface area contributed by atoms with Gasteiger partial charge in [-0.25, -0.2) is 0 Å². The van der Waals surface area contributed by atoms with Gasteiger partial charge in [0.25, 0.3) is 11.6 Å². The van der Waals surface area contributed by atoms with E-state index in [9.17, 15) is 14.9 Å². The molecule has 5 nitrogen and oxygen atoms in total. The van der Waals surface area contributed by atoms with Crippen molar-refractivity contribution < 1.29 is 9.72 Å². The van der Waals surface area contributed by atoms with E-state index in [0.29, 0.717) is 0 Å². The van der Waals surface area contributed by atoms with Gasteiger partial charge in [0.1, 0.15) is 5.56 Å². The molecule has 0 saturated carbocycles. The standard InChI is InChI=1S/C18H18N2O3/c1-11-8-15(17(20(22)23)9-12(11)2)18(21)19-13(3)10-14-6-4-5-7-16(14)19/h4-9,13H,10H2,1-3H3. The summed E-state index contributed by atoms with van der Waals surface area (Å²) in [6.07, 6.45) is 0.764. The second-order valence-electron chi connectivity index (χ2n) is 6.07. The van der Waals surface area contributed by atoms with Gasteiger partial charge < -0.3 is 4.90 Å². The van der Waals surface area contributed by atoms with Crippen LogP contribution >= 0.6 is 0 Å². The predicted octanol–water partition coefficient (Wildman–Crippen LogP) is 3.80. The third-order valence-electron chi connectivity index (χ3n) is 4.47. The van der Waals surface area contributed by atoms with Crippen molar-refractivity contribution in [3.8, 4) is 0 Å². The molecule has 0 spiro atoms. The molecule has 0 aliphatic carbocycles. The molecular formula is C18H18N2O3. The maximum atomic E-state index is 13.0. The van der Waals surface area contributed by atoms with Crippen LogP contribution in [-0.4, -0.2) is 16.9 Å². The average Bonchev–Trinajstić information content (AvgIpc) is 2.84. The number of nitrogens with zero attached hydrogens (tertiary/aromatic N) is 2. The summed E-state index contributed by atoms with van der Waals surface area (Å²) in [5.41, 5.74) is 3.65. The Bertz CT molecular complexity index is 814. The molecule has 1 atom stereocenters. The highest BCUT2D eigenvalue weighted by Crippen LogP contribution is 2.35. The van der Waals surface area contributed by atoms with Crippen LogP contribution < -0.4 is 4.90 Å². The molecule has 23 heavy (non-hydrogen) atoms. The van der Waals surface area contributed by atoms with Crippen LogP contribution in [0, 0.1) is 24.0 Å². The number of carbonyl (C=O) groups excluding carboxylic acids is 1. The van der Waals surface area contributed by atoms with Crippen molar-refractivity contribution in [3.05, 3.63) is 68.8 Å². The smallest absolute Gasteiger partial charge is 0.282 e. The number of hydrogen-bond donors (Lipinski definition) is 0. The SMILES string of the molecule is Cc1cc(C(=O)N2c3ccccc3CC2C)c([N+](=O)[O-])cc1C. The van der Waals surface area contributed by atoms with Crippen LogP contribution in [0.5, 0.6) is 0 Å². The lowest BCUT2D eigenvalue weighted by atomic mass is 10.0. The maximum Gasteiger partial charge on any atom is 0.282 e. The summed E-state index contributed by atoms with van der Waals surface area (Å²) in [4.78, 5) is 25.6. The minimum absolute atomic E-state index is 0.0129. The fraction of sp³-hybridized carbons (Fsp3) is 0.278. The molecule has 0 radical (unpaired) electrons. The average molecular weight is 310 g/mol. The molecule has 1 heterocycles. The zero-order valence-electron chi connectivity index (χ0n) is 13.4. The summed E-state index contributed by atoms with van der Waals surface area (Å²) in [5.74, 6) is -0.308. The van der Waals surface area contributed by atoms with Crippen LogP contribution in [0.15, 0.2) is 36.4 Å². The number of benzene rings is 2. The van der Waals surface area contributed by atoms with Gasteiger partial charge in [0, 0.05) is 17.8 Å². The van der Waals surface area contributed by atoms with Crippen LogP contribution in [0.3, 0.4) is 0 Å². The molecule has 2 aromatic rings. The fourth-order valence-corrected chi connectivity index (χ4v) is 3.13. The minimum atomic E-state index is -0.480. The molecule has 1 aliphatic heterocycles. The quantitative estimate of drug-likeness (QED) is 0.626. The van der Waals surface area contributed by atoms with Crippen LogP contribution in [0.4, 0.5) is 11.4 Å². The number of hydrogen-bond acceptors (Lipinski definition) is 3. The van der Waals surface area contributed by atoms with Gasteiger partial charge in [0.05, 0.1) is 4.92 Å². The van der Waals surface area contributed by atoms with Gasteiger partial charge >= 0.3 is 0 Å². The number of nitro groups is 1. The summed E-state index contributed by atoms with van der Waals surface area (Å²) in [7, 11) is 0. The third-order valence-corrected chi connectivity index (χ3v) is 4.47. The zero-order chi connectivity index (χ0) is 16.7. The molecule has 0 saturated heterocycles. The van der Waals surface area contributed by atoms with Gasteiger partial charge in [-0.05, 0) is 56.0 Å². The molecule has 3 rings (SSSR count). The van der Waals surface area contributed by atoms with Crippen molar-refractivity contribution in [2.75, 3.05) is 4.90 Å². The zero-order valence-corrected chi connectivity index (χ0v) is 13.4. The first kappa shape index (κ1) is 15.2. The van der Waals surface area contributed by atoms with Gasteiger partial charge in [0.2, 0.25) is 0 Å². The molecule has 2 aromatic carbocycles. The first-order valence-corrected chi connectivity index (χ1v) is 7.57. The normalized spacial score (nSPS) is 16.3. The van der Waals surface area contributed by atoms with E-state index in [1.54, 1.807) is 11.0 Å². The van der Waals surface area contributed by atoms with Crippen LogP contribution in [-0.2, 0) is 6.42 Å². The predicted molar refractivity (Wildman–Crippen MR) is 89.0 cm³/mol. The molecule has 5 heteroatoms. The van der Waals surface area contributed by atoms with Gasteiger partial charge in [-0.3, -0.25) is 14.9 Å². The number of para-hydroxylation sites is 1. The first-order valence-electron chi connectivity index (χ1n) is 7.57. The van der Waals surface area contributed by atoms with Gasteiger partial charge in [-0.15, -0.1) is 0 Å². The van der Waals surface area contributed by atoms with E-state index in [1.807, 2.05) is 45.0 Å². The van der Waals surface area contributed by atoms with Gasteiger partial charge in [-0.2, -0.15) is 0 Å². The molecular weight excluding hydrogens is 292 g/mol. The first-order chi connectivity index (χ1) is 10.9.